The lowest BCUT2D eigenvalue weighted by Crippen LogP contribution is -2.28. The Morgan fingerprint density at radius 2 is 2.50 bits per heavy atom. The fraction of sp³-hybridized carbons (Fsp3) is 0.400. The van der Waals surface area contributed by atoms with Crippen LogP contribution >= 0.6 is 0 Å². The second kappa shape index (κ2) is 4.49. The van der Waals surface area contributed by atoms with Gasteiger partial charge in [0, 0.05) is 13.1 Å². The molecule has 0 aliphatic carbocycles. The quantitative estimate of drug-likeness (QED) is 0.270. The summed E-state index contributed by atoms with van der Waals surface area (Å²) in [4.78, 5) is 10.3. The molecule has 0 aromatic heterocycles. The Balaban J connectivity index is 3.66. The molecular formula is C5H10N4O. The molecule has 56 valence electrons. The van der Waals surface area contributed by atoms with E-state index in [1.807, 2.05) is 0 Å². The molecule has 0 radical (unpaired) electrons. The molecule has 5 heteroatoms. The van der Waals surface area contributed by atoms with Gasteiger partial charge < -0.3 is 16.6 Å². The third kappa shape index (κ3) is 3.59. The molecule has 0 fully saturated rings. The van der Waals surface area contributed by atoms with Crippen molar-refractivity contribution >= 4 is 17.8 Å². The standard InChI is InChI=1S/C5H10N4O/c1-4(10)8-3-5(2-6)9-7/h2,6H,3,7H2,1H3,(H,8,10). The highest BCUT2D eigenvalue weighted by atomic mass is 16.1. The lowest BCUT2D eigenvalue weighted by molar-refractivity contribution is -0.118. The Bertz CT molecular complexity index is 163. The molecule has 0 aliphatic rings. The molecule has 0 unspecified atom stereocenters. The van der Waals surface area contributed by atoms with Crippen molar-refractivity contribution in [2.24, 2.45) is 10.9 Å². The number of amides is 1. The van der Waals surface area contributed by atoms with Crippen LogP contribution in [0.15, 0.2) is 5.10 Å². The zero-order chi connectivity index (χ0) is 7.98. The second-order valence-corrected chi connectivity index (χ2v) is 1.67. The fourth-order valence-electron chi connectivity index (χ4n) is 0.349. The second-order valence-electron chi connectivity index (χ2n) is 1.67. The Kier molecular flexibility index (Phi) is 3.86. The molecule has 5 nitrogen and oxygen atoms in total. The summed E-state index contributed by atoms with van der Waals surface area (Å²) in [5, 5.41) is 12.4. The Morgan fingerprint density at radius 3 is 2.80 bits per heavy atom. The van der Waals surface area contributed by atoms with Crippen LogP contribution in [0, 0.1) is 5.41 Å². The van der Waals surface area contributed by atoms with E-state index < -0.39 is 0 Å². The maximum atomic E-state index is 10.3. The van der Waals surface area contributed by atoms with Crippen molar-refractivity contribution in [3.8, 4) is 0 Å². The van der Waals surface area contributed by atoms with E-state index in [1.54, 1.807) is 0 Å². The Hall–Kier alpha value is -1.39. The lowest BCUT2D eigenvalue weighted by atomic mass is 10.4. The summed E-state index contributed by atoms with van der Waals surface area (Å²) in [6.45, 7) is 1.60. The molecule has 1 amide bonds. The number of nitrogens with two attached hydrogens (primary N) is 1. The SMILES string of the molecule is CC(=O)NCC(C=N)=NN. The summed E-state index contributed by atoms with van der Waals surface area (Å²) in [5.74, 6) is 4.69. The maximum Gasteiger partial charge on any atom is 0.217 e. The van der Waals surface area contributed by atoms with Crippen LogP contribution in [0.25, 0.3) is 0 Å². The number of carbonyl (C=O) groups excluding carboxylic acids is 1. The molecule has 0 aliphatic heterocycles. The van der Waals surface area contributed by atoms with Gasteiger partial charge in [0.15, 0.2) is 0 Å². The van der Waals surface area contributed by atoms with Crippen molar-refractivity contribution in [3.05, 3.63) is 0 Å². The van der Waals surface area contributed by atoms with Gasteiger partial charge in [0.2, 0.25) is 5.91 Å². The van der Waals surface area contributed by atoms with Crippen LogP contribution in [0.1, 0.15) is 6.92 Å². The monoisotopic (exact) mass is 142 g/mol. The predicted octanol–water partition coefficient (Wildman–Crippen LogP) is -0.913. The molecular weight excluding hydrogens is 132 g/mol. The summed E-state index contributed by atoms with van der Waals surface area (Å²) in [6, 6.07) is 0. The zero-order valence-corrected chi connectivity index (χ0v) is 5.72. The van der Waals surface area contributed by atoms with Gasteiger partial charge in [-0.15, -0.1) is 0 Å². The predicted molar refractivity (Wildman–Crippen MR) is 39.1 cm³/mol. The molecule has 0 saturated carbocycles. The number of carbonyl (C=O) groups is 1. The molecule has 0 heterocycles. The molecule has 4 N–H and O–H groups in total. The van der Waals surface area contributed by atoms with E-state index in [-0.39, 0.29) is 12.5 Å². The van der Waals surface area contributed by atoms with Crippen molar-refractivity contribution in [1.82, 2.24) is 5.32 Å². The van der Waals surface area contributed by atoms with E-state index >= 15 is 0 Å². The molecule has 0 aromatic carbocycles. The average Bonchev–Trinajstić information content (AvgIpc) is 1.90. The Morgan fingerprint density at radius 1 is 1.90 bits per heavy atom. The van der Waals surface area contributed by atoms with Gasteiger partial charge in [0.25, 0.3) is 0 Å². The summed E-state index contributed by atoms with van der Waals surface area (Å²) in [7, 11) is 0. The highest BCUT2D eigenvalue weighted by molar-refractivity contribution is 6.30. The van der Waals surface area contributed by atoms with Gasteiger partial charge in [-0.3, -0.25) is 4.79 Å². The van der Waals surface area contributed by atoms with Gasteiger partial charge in [-0.25, -0.2) is 0 Å². The fourth-order valence-corrected chi connectivity index (χ4v) is 0.349. The topological polar surface area (TPSA) is 91.3 Å². The van der Waals surface area contributed by atoms with Gasteiger partial charge >= 0.3 is 0 Å². The number of hydrogen-bond acceptors (Lipinski definition) is 4. The first-order valence-electron chi connectivity index (χ1n) is 2.72. The average molecular weight is 142 g/mol. The first-order chi connectivity index (χ1) is 4.70. The van der Waals surface area contributed by atoms with Gasteiger partial charge in [-0.05, 0) is 0 Å². The largest absolute Gasteiger partial charge is 0.351 e. The van der Waals surface area contributed by atoms with Gasteiger partial charge in [0.05, 0.1) is 12.3 Å². The van der Waals surface area contributed by atoms with Crippen molar-refractivity contribution in [2.75, 3.05) is 6.54 Å². The number of nitrogens with one attached hydrogen (secondary N) is 2. The molecule has 0 rings (SSSR count). The van der Waals surface area contributed by atoms with Gasteiger partial charge in [-0.2, -0.15) is 5.10 Å². The number of rotatable bonds is 3. The lowest BCUT2D eigenvalue weighted by Gasteiger charge is -1.97. The van der Waals surface area contributed by atoms with Crippen LogP contribution in [0.4, 0.5) is 0 Å². The summed E-state index contributed by atoms with van der Waals surface area (Å²) in [5.41, 5.74) is 0.343. The molecule has 0 bridgehead atoms. The zero-order valence-electron chi connectivity index (χ0n) is 5.72. The van der Waals surface area contributed by atoms with E-state index in [1.165, 1.54) is 6.92 Å². The Labute approximate surface area is 58.8 Å². The molecule has 10 heavy (non-hydrogen) atoms. The maximum absolute atomic E-state index is 10.3. The van der Waals surface area contributed by atoms with Crippen LogP contribution < -0.4 is 11.2 Å². The third-order valence-corrected chi connectivity index (χ3v) is 0.851. The smallest absolute Gasteiger partial charge is 0.217 e. The minimum absolute atomic E-state index is 0.164. The summed E-state index contributed by atoms with van der Waals surface area (Å²) in [6.07, 6.45) is 0.996. The first-order valence-corrected chi connectivity index (χ1v) is 2.72. The van der Waals surface area contributed by atoms with E-state index in [9.17, 15) is 4.79 Å². The van der Waals surface area contributed by atoms with Crippen LogP contribution in [0.3, 0.4) is 0 Å². The van der Waals surface area contributed by atoms with Crippen molar-refractivity contribution < 1.29 is 4.79 Å². The first kappa shape index (κ1) is 8.61. The highest BCUT2D eigenvalue weighted by Gasteiger charge is 1.94. The van der Waals surface area contributed by atoms with Crippen molar-refractivity contribution in [1.29, 1.82) is 5.41 Å². The summed E-state index contributed by atoms with van der Waals surface area (Å²) >= 11 is 0. The minimum Gasteiger partial charge on any atom is -0.351 e. The van der Waals surface area contributed by atoms with Crippen LogP contribution in [-0.2, 0) is 4.79 Å². The molecule has 0 saturated heterocycles. The van der Waals surface area contributed by atoms with E-state index in [2.05, 4.69) is 10.4 Å². The van der Waals surface area contributed by atoms with Gasteiger partial charge in [-0.1, -0.05) is 0 Å². The normalized spacial score (nSPS) is 10.7. The van der Waals surface area contributed by atoms with E-state index in [0.29, 0.717) is 5.71 Å². The molecule has 0 atom stereocenters. The third-order valence-electron chi connectivity index (χ3n) is 0.851. The van der Waals surface area contributed by atoms with E-state index in [0.717, 1.165) is 6.21 Å². The van der Waals surface area contributed by atoms with Crippen molar-refractivity contribution in [3.63, 3.8) is 0 Å². The van der Waals surface area contributed by atoms with E-state index in [4.69, 9.17) is 11.3 Å². The van der Waals surface area contributed by atoms with Gasteiger partial charge in [0.1, 0.15) is 0 Å². The number of hydrazone groups is 1. The van der Waals surface area contributed by atoms with Crippen LogP contribution in [-0.4, -0.2) is 24.4 Å². The number of nitrogens with zero attached hydrogens (tertiary/aromatic N) is 1. The summed E-state index contributed by atoms with van der Waals surface area (Å²) < 4.78 is 0. The van der Waals surface area contributed by atoms with Crippen LogP contribution in [0.2, 0.25) is 0 Å². The minimum atomic E-state index is -0.164. The highest BCUT2D eigenvalue weighted by Crippen LogP contribution is 1.67. The van der Waals surface area contributed by atoms with Crippen LogP contribution in [0.5, 0.6) is 0 Å². The van der Waals surface area contributed by atoms with Crippen molar-refractivity contribution in [2.45, 2.75) is 6.92 Å². The molecule has 0 spiro atoms. The number of hydrogen-bond donors (Lipinski definition) is 3. The molecule has 0 aromatic rings.